The van der Waals surface area contributed by atoms with E-state index in [1.807, 2.05) is 23.5 Å². The maximum Gasteiger partial charge on any atom is 0.137 e. The van der Waals surface area contributed by atoms with Crippen LogP contribution in [0.5, 0.6) is 0 Å². The van der Waals surface area contributed by atoms with Crippen LogP contribution in [-0.4, -0.2) is 0 Å². The molecule has 0 atom stereocenters. The highest BCUT2D eigenvalue weighted by atomic mass is 32.1. The largest absolute Gasteiger partial charge is 0.456 e. The minimum Gasteiger partial charge on any atom is -0.456 e. The number of nitrogens with zero attached hydrogens (tertiary/aromatic N) is 2. The Morgan fingerprint density at radius 3 is 1.67 bits per heavy atom. The zero-order valence-electron chi connectivity index (χ0n) is 28.2. The molecular weight excluding hydrogens is 653 g/mol. The van der Waals surface area contributed by atoms with Gasteiger partial charge in [-0.15, -0.1) is 11.3 Å². The zero-order valence-corrected chi connectivity index (χ0v) is 29.0. The third-order valence-corrected chi connectivity index (χ3v) is 11.0. The van der Waals surface area contributed by atoms with Gasteiger partial charge in [0, 0.05) is 65.4 Å². The number of benzene rings is 8. The number of hydrogen-bond acceptors (Lipinski definition) is 4. The first-order valence-electron chi connectivity index (χ1n) is 17.5. The Bertz CT molecular complexity index is 2800. The number of hydrogen-bond donors (Lipinski definition) is 0. The first-order valence-corrected chi connectivity index (χ1v) is 18.3. The Labute approximate surface area is 305 Å². The lowest BCUT2D eigenvalue weighted by atomic mass is 10.0. The van der Waals surface area contributed by atoms with Gasteiger partial charge in [0.1, 0.15) is 11.2 Å². The van der Waals surface area contributed by atoms with Crippen molar-refractivity contribution in [1.29, 1.82) is 0 Å². The SMILES string of the molecule is c1ccc(-c2ccc(N(c3ccc4c(c3)oc3ccccc34)c3cccc4sc5ccc(N(c6ccccc6)c6ccccc6)cc5c34)cc2)cc1. The minimum absolute atomic E-state index is 0.871. The topological polar surface area (TPSA) is 19.6 Å². The molecule has 8 aromatic carbocycles. The maximum atomic E-state index is 6.43. The van der Waals surface area contributed by atoms with Crippen LogP contribution in [0.2, 0.25) is 0 Å². The third kappa shape index (κ3) is 5.20. The highest BCUT2D eigenvalue weighted by Crippen LogP contribution is 2.47. The summed E-state index contributed by atoms with van der Waals surface area (Å²) in [6, 6.07) is 69.1. The number of rotatable bonds is 7. The molecule has 10 rings (SSSR count). The fraction of sp³-hybridized carbons (Fsp3) is 0. The van der Waals surface area contributed by atoms with Gasteiger partial charge in [-0.25, -0.2) is 0 Å². The lowest BCUT2D eigenvalue weighted by molar-refractivity contribution is 0.669. The van der Waals surface area contributed by atoms with Crippen molar-refractivity contribution in [3.63, 3.8) is 0 Å². The Morgan fingerprint density at radius 2 is 0.923 bits per heavy atom. The van der Waals surface area contributed by atoms with E-state index in [0.717, 1.165) is 56.1 Å². The first kappa shape index (κ1) is 30.2. The van der Waals surface area contributed by atoms with E-state index < -0.39 is 0 Å². The molecule has 0 bridgehead atoms. The molecule has 0 saturated carbocycles. The molecule has 10 aromatic rings. The van der Waals surface area contributed by atoms with Crippen molar-refractivity contribution in [2.24, 2.45) is 0 Å². The van der Waals surface area contributed by atoms with Crippen molar-refractivity contribution in [2.45, 2.75) is 0 Å². The molecule has 0 saturated heterocycles. The highest BCUT2D eigenvalue weighted by Gasteiger charge is 2.21. The molecule has 0 aliphatic heterocycles. The summed E-state index contributed by atoms with van der Waals surface area (Å²) in [5.74, 6) is 0. The standard InChI is InChI=1S/C48H32N2OS/c1-4-13-33(14-5-1)34-23-25-37(26-24-34)50(39-27-29-41-40-19-10-11-21-44(40)51-45(41)32-39)43-20-12-22-47-48(43)42-31-38(28-30-46(42)52-47)49(35-15-6-2-7-16-35)36-17-8-3-9-18-36/h1-32H. The molecule has 4 heteroatoms. The summed E-state index contributed by atoms with van der Waals surface area (Å²) in [5.41, 5.74) is 10.7. The lowest BCUT2D eigenvalue weighted by Crippen LogP contribution is -2.10. The second-order valence-electron chi connectivity index (χ2n) is 13.0. The van der Waals surface area contributed by atoms with Gasteiger partial charge < -0.3 is 14.2 Å². The molecule has 0 unspecified atom stereocenters. The van der Waals surface area contributed by atoms with Crippen molar-refractivity contribution >= 4 is 87.6 Å². The molecule has 52 heavy (non-hydrogen) atoms. The number of para-hydroxylation sites is 3. The van der Waals surface area contributed by atoms with E-state index in [0.29, 0.717) is 0 Å². The normalized spacial score (nSPS) is 11.5. The maximum absolute atomic E-state index is 6.43. The molecule has 0 radical (unpaired) electrons. The average molecular weight is 685 g/mol. The second-order valence-corrected chi connectivity index (χ2v) is 14.1. The van der Waals surface area contributed by atoms with Crippen LogP contribution in [-0.2, 0) is 0 Å². The number of thiophene rings is 1. The second kappa shape index (κ2) is 12.6. The zero-order chi connectivity index (χ0) is 34.4. The van der Waals surface area contributed by atoms with E-state index in [-0.39, 0.29) is 0 Å². The summed E-state index contributed by atoms with van der Waals surface area (Å²) in [6.07, 6.45) is 0. The van der Waals surface area contributed by atoms with Crippen molar-refractivity contribution in [3.8, 4) is 11.1 Å². The van der Waals surface area contributed by atoms with Crippen LogP contribution in [0.15, 0.2) is 199 Å². The Hall–Kier alpha value is -6.62. The van der Waals surface area contributed by atoms with E-state index in [9.17, 15) is 0 Å². The molecule has 246 valence electrons. The lowest BCUT2D eigenvalue weighted by Gasteiger charge is -2.27. The summed E-state index contributed by atoms with van der Waals surface area (Å²) in [5, 5.41) is 4.69. The van der Waals surface area contributed by atoms with Gasteiger partial charge in [-0.3, -0.25) is 0 Å². The molecule has 0 aliphatic carbocycles. The predicted octanol–water partition coefficient (Wildman–Crippen LogP) is 14.6. The molecular formula is C48H32N2OS. The minimum atomic E-state index is 0.871. The van der Waals surface area contributed by atoms with Gasteiger partial charge in [0.25, 0.3) is 0 Å². The summed E-state index contributed by atoms with van der Waals surface area (Å²) in [7, 11) is 0. The highest BCUT2D eigenvalue weighted by molar-refractivity contribution is 7.26. The van der Waals surface area contributed by atoms with Crippen LogP contribution in [0.1, 0.15) is 0 Å². The van der Waals surface area contributed by atoms with Gasteiger partial charge >= 0.3 is 0 Å². The summed E-state index contributed by atoms with van der Waals surface area (Å²) >= 11 is 1.84. The summed E-state index contributed by atoms with van der Waals surface area (Å²) in [6.45, 7) is 0. The van der Waals surface area contributed by atoms with Crippen LogP contribution in [0, 0.1) is 0 Å². The fourth-order valence-corrected chi connectivity index (χ4v) is 8.54. The van der Waals surface area contributed by atoms with Crippen molar-refractivity contribution in [3.05, 3.63) is 194 Å². The van der Waals surface area contributed by atoms with Crippen molar-refractivity contribution < 1.29 is 4.42 Å². The molecule has 3 nitrogen and oxygen atoms in total. The molecule has 0 spiro atoms. The summed E-state index contributed by atoms with van der Waals surface area (Å²) in [4.78, 5) is 4.72. The van der Waals surface area contributed by atoms with E-state index >= 15 is 0 Å². The molecule has 0 amide bonds. The Morgan fingerprint density at radius 1 is 0.346 bits per heavy atom. The van der Waals surface area contributed by atoms with Gasteiger partial charge in [-0.1, -0.05) is 103 Å². The van der Waals surface area contributed by atoms with Crippen LogP contribution in [0.25, 0.3) is 53.2 Å². The van der Waals surface area contributed by atoms with Crippen LogP contribution >= 0.6 is 11.3 Å². The number of anilines is 6. The molecule has 0 fully saturated rings. The van der Waals surface area contributed by atoms with Crippen LogP contribution in [0.3, 0.4) is 0 Å². The predicted molar refractivity (Wildman–Crippen MR) is 221 cm³/mol. The van der Waals surface area contributed by atoms with Gasteiger partial charge in [0.2, 0.25) is 0 Å². The number of furan rings is 1. The van der Waals surface area contributed by atoms with Gasteiger partial charge in [0.15, 0.2) is 0 Å². The van der Waals surface area contributed by atoms with Gasteiger partial charge in [-0.2, -0.15) is 0 Å². The van der Waals surface area contributed by atoms with E-state index in [1.54, 1.807) is 0 Å². The molecule has 2 aromatic heterocycles. The van der Waals surface area contributed by atoms with E-state index in [1.165, 1.54) is 31.3 Å². The van der Waals surface area contributed by atoms with Crippen LogP contribution in [0.4, 0.5) is 34.1 Å². The quantitative estimate of drug-likeness (QED) is 0.167. The Kier molecular flexibility index (Phi) is 7.33. The molecule has 0 N–H and O–H groups in total. The molecule has 0 aliphatic rings. The van der Waals surface area contributed by atoms with Gasteiger partial charge in [-0.05, 0) is 96.1 Å². The fourth-order valence-electron chi connectivity index (χ4n) is 7.44. The Balaban J connectivity index is 1.19. The monoisotopic (exact) mass is 684 g/mol. The third-order valence-electron chi connectivity index (χ3n) is 9.84. The van der Waals surface area contributed by atoms with Crippen molar-refractivity contribution in [2.75, 3.05) is 9.80 Å². The smallest absolute Gasteiger partial charge is 0.137 e. The first-order chi connectivity index (χ1) is 25.8. The number of fused-ring (bicyclic) bond motifs is 6. The molecule has 2 heterocycles. The van der Waals surface area contributed by atoms with E-state index in [4.69, 9.17) is 4.42 Å². The van der Waals surface area contributed by atoms with E-state index in [2.05, 4.69) is 192 Å². The van der Waals surface area contributed by atoms with Gasteiger partial charge in [0.05, 0.1) is 5.69 Å². The average Bonchev–Trinajstić information content (AvgIpc) is 3.78. The summed E-state index contributed by atoms with van der Waals surface area (Å²) < 4.78 is 8.92. The van der Waals surface area contributed by atoms with Crippen LogP contribution < -0.4 is 9.80 Å². The van der Waals surface area contributed by atoms with Crippen molar-refractivity contribution in [1.82, 2.24) is 0 Å².